The Labute approximate surface area is 178 Å². The molecule has 0 radical (unpaired) electrons. The van der Waals surface area contributed by atoms with Crippen LogP contribution < -0.4 is 4.74 Å². The van der Waals surface area contributed by atoms with Crippen LogP contribution in [0, 0.1) is 5.92 Å². The lowest BCUT2D eigenvalue weighted by Crippen LogP contribution is -2.36. The summed E-state index contributed by atoms with van der Waals surface area (Å²) in [6.45, 7) is 6.57. The largest absolute Gasteiger partial charge is 0.488 e. The molecular formula is C22H32N6O2. The molecule has 2 aliphatic heterocycles. The van der Waals surface area contributed by atoms with E-state index in [2.05, 4.69) is 33.4 Å². The van der Waals surface area contributed by atoms with Gasteiger partial charge in [0.2, 0.25) is 5.91 Å². The zero-order valence-electron chi connectivity index (χ0n) is 18.0. The van der Waals surface area contributed by atoms with Crippen LogP contribution in [0.1, 0.15) is 44.0 Å². The molecule has 8 nitrogen and oxygen atoms in total. The highest BCUT2D eigenvalue weighted by Gasteiger charge is 2.25. The Morgan fingerprint density at radius 3 is 2.87 bits per heavy atom. The lowest BCUT2D eigenvalue weighted by atomic mass is 9.99. The quantitative estimate of drug-likeness (QED) is 0.661. The first-order valence-corrected chi connectivity index (χ1v) is 11.0. The number of aromatic nitrogens is 4. The summed E-state index contributed by atoms with van der Waals surface area (Å²) in [6.07, 6.45) is 4.57. The van der Waals surface area contributed by atoms with E-state index >= 15 is 0 Å². The Hall–Kier alpha value is -2.48. The number of carbonyl (C=O) groups is 1. The van der Waals surface area contributed by atoms with Crippen molar-refractivity contribution in [2.45, 2.75) is 58.2 Å². The molecule has 1 fully saturated rings. The van der Waals surface area contributed by atoms with Gasteiger partial charge in [-0.05, 0) is 60.3 Å². The molecule has 0 spiro atoms. The summed E-state index contributed by atoms with van der Waals surface area (Å²) in [5, 5.41) is 12.2. The maximum atomic E-state index is 12.6. The monoisotopic (exact) mass is 412 g/mol. The highest BCUT2D eigenvalue weighted by molar-refractivity contribution is 5.75. The molecule has 2 aliphatic rings. The smallest absolute Gasteiger partial charge is 0.222 e. The molecule has 0 aliphatic carbocycles. The number of ether oxygens (including phenoxy) is 1. The van der Waals surface area contributed by atoms with Crippen LogP contribution in [0.5, 0.6) is 5.75 Å². The molecule has 0 bridgehead atoms. The van der Waals surface area contributed by atoms with Crippen molar-refractivity contribution in [3.8, 4) is 5.75 Å². The van der Waals surface area contributed by atoms with Crippen molar-refractivity contribution in [2.75, 3.05) is 26.7 Å². The number of nitrogens with zero attached hydrogens (tertiary/aromatic N) is 6. The van der Waals surface area contributed by atoms with Gasteiger partial charge in [-0.2, -0.15) is 0 Å². The predicted octanol–water partition coefficient (Wildman–Crippen LogP) is 2.15. The summed E-state index contributed by atoms with van der Waals surface area (Å²) in [4.78, 5) is 16.8. The molecule has 30 heavy (non-hydrogen) atoms. The van der Waals surface area contributed by atoms with E-state index in [9.17, 15) is 4.79 Å². The molecule has 0 N–H and O–H groups in total. The van der Waals surface area contributed by atoms with Gasteiger partial charge in [0, 0.05) is 26.4 Å². The van der Waals surface area contributed by atoms with Crippen molar-refractivity contribution >= 4 is 5.91 Å². The Morgan fingerprint density at radius 2 is 2.07 bits per heavy atom. The van der Waals surface area contributed by atoms with Gasteiger partial charge in [0.25, 0.3) is 0 Å². The van der Waals surface area contributed by atoms with Gasteiger partial charge in [-0.1, -0.05) is 25.1 Å². The molecule has 2 aromatic rings. The number of aryl methyl sites for hydroxylation is 1. The number of likely N-dealkylation sites (tertiary alicyclic amines) is 1. The van der Waals surface area contributed by atoms with Crippen molar-refractivity contribution in [2.24, 2.45) is 5.92 Å². The summed E-state index contributed by atoms with van der Waals surface area (Å²) in [6, 6.07) is 8.09. The van der Waals surface area contributed by atoms with Crippen molar-refractivity contribution in [1.29, 1.82) is 0 Å². The lowest BCUT2D eigenvalue weighted by Gasteiger charge is -2.29. The molecule has 0 saturated carbocycles. The number of carbonyl (C=O) groups excluding carboxylic acids is 1. The second-order valence-corrected chi connectivity index (χ2v) is 8.71. The fourth-order valence-corrected chi connectivity index (χ4v) is 4.26. The Bertz CT molecular complexity index is 821. The molecule has 1 amide bonds. The average Bonchev–Trinajstić information content (AvgIpc) is 3.35. The molecule has 3 heterocycles. The number of hydrogen-bond donors (Lipinski definition) is 0. The minimum Gasteiger partial charge on any atom is -0.488 e. The van der Waals surface area contributed by atoms with Crippen molar-refractivity contribution in [3.05, 3.63) is 35.7 Å². The Morgan fingerprint density at radius 1 is 1.27 bits per heavy atom. The van der Waals surface area contributed by atoms with E-state index in [4.69, 9.17) is 4.74 Å². The highest BCUT2D eigenvalue weighted by Crippen LogP contribution is 2.28. The first-order valence-electron chi connectivity index (χ1n) is 11.0. The number of fused-ring (bicyclic) bond motifs is 1. The first-order chi connectivity index (χ1) is 14.6. The fraction of sp³-hybridized carbons (Fsp3) is 0.636. The zero-order chi connectivity index (χ0) is 20.9. The number of likely N-dealkylation sites (N-methyl/N-ethyl adjacent to an activating group) is 1. The lowest BCUT2D eigenvalue weighted by molar-refractivity contribution is -0.131. The van der Waals surface area contributed by atoms with Crippen LogP contribution in [0.15, 0.2) is 24.3 Å². The van der Waals surface area contributed by atoms with Crippen molar-refractivity contribution in [1.82, 2.24) is 30.0 Å². The fourth-order valence-electron chi connectivity index (χ4n) is 4.26. The van der Waals surface area contributed by atoms with E-state index in [1.165, 1.54) is 18.4 Å². The number of piperidine rings is 1. The number of benzene rings is 1. The minimum absolute atomic E-state index is 0.0368. The number of rotatable bonds is 8. The van der Waals surface area contributed by atoms with Gasteiger partial charge >= 0.3 is 0 Å². The second-order valence-electron chi connectivity index (χ2n) is 8.71. The Kier molecular flexibility index (Phi) is 6.62. The summed E-state index contributed by atoms with van der Waals surface area (Å²) in [7, 11) is 1.86. The molecule has 1 aromatic carbocycles. The SMILES string of the molecule is CC1CCN(Cc2nnnn2CCCC(=O)N(C)CC2Cc3ccccc3O2)CC1. The second kappa shape index (κ2) is 9.55. The number of para-hydroxylation sites is 1. The van der Waals surface area contributed by atoms with E-state index in [-0.39, 0.29) is 12.0 Å². The van der Waals surface area contributed by atoms with Crippen molar-refractivity contribution in [3.63, 3.8) is 0 Å². The molecule has 4 rings (SSSR count). The van der Waals surface area contributed by atoms with E-state index < -0.39 is 0 Å². The van der Waals surface area contributed by atoms with E-state index in [1.807, 2.05) is 29.9 Å². The number of tetrazole rings is 1. The van der Waals surface area contributed by atoms with Gasteiger partial charge in [0.15, 0.2) is 5.82 Å². The van der Waals surface area contributed by atoms with Gasteiger partial charge in [0.05, 0.1) is 13.1 Å². The molecule has 8 heteroatoms. The standard InChI is InChI=1S/C22H32N6O2/c1-17-9-12-27(13-10-17)16-21-23-24-25-28(21)11-5-8-22(29)26(2)15-19-14-18-6-3-4-7-20(18)30-19/h3-4,6-7,17,19H,5,8-16H2,1-2H3. The van der Waals surface area contributed by atoms with Gasteiger partial charge in [-0.15, -0.1) is 5.10 Å². The third kappa shape index (κ3) is 5.16. The zero-order valence-corrected chi connectivity index (χ0v) is 18.0. The van der Waals surface area contributed by atoms with E-state index in [0.29, 0.717) is 19.5 Å². The third-order valence-electron chi connectivity index (χ3n) is 6.22. The average molecular weight is 413 g/mol. The number of amides is 1. The molecule has 1 saturated heterocycles. The first kappa shape index (κ1) is 20.8. The van der Waals surface area contributed by atoms with Crippen LogP contribution in [0.3, 0.4) is 0 Å². The van der Waals surface area contributed by atoms with Crippen molar-refractivity contribution < 1.29 is 9.53 Å². The third-order valence-corrected chi connectivity index (χ3v) is 6.22. The molecule has 1 atom stereocenters. The van der Waals surface area contributed by atoms with Crippen LogP contribution in [0.4, 0.5) is 0 Å². The molecule has 1 unspecified atom stereocenters. The molecule has 1 aromatic heterocycles. The summed E-state index contributed by atoms with van der Waals surface area (Å²) in [5.41, 5.74) is 1.22. The Balaban J connectivity index is 1.19. The molecule has 162 valence electrons. The molecular weight excluding hydrogens is 380 g/mol. The maximum Gasteiger partial charge on any atom is 0.222 e. The van der Waals surface area contributed by atoms with Gasteiger partial charge in [0.1, 0.15) is 11.9 Å². The maximum absolute atomic E-state index is 12.6. The predicted molar refractivity (Wildman–Crippen MR) is 113 cm³/mol. The van der Waals surface area contributed by atoms with Gasteiger partial charge in [-0.3, -0.25) is 9.69 Å². The van der Waals surface area contributed by atoms with E-state index in [1.54, 1.807) is 4.90 Å². The minimum atomic E-state index is 0.0368. The van der Waals surface area contributed by atoms with Crippen LogP contribution in [0.2, 0.25) is 0 Å². The summed E-state index contributed by atoms with van der Waals surface area (Å²) in [5.74, 6) is 2.78. The number of hydrogen-bond acceptors (Lipinski definition) is 6. The summed E-state index contributed by atoms with van der Waals surface area (Å²) < 4.78 is 7.81. The van der Waals surface area contributed by atoms with Gasteiger partial charge in [-0.25, -0.2) is 4.68 Å². The van der Waals surface area contributed by atoms with Crippen LogP contribution >= 0.6 is 0 Å². The summed E-state index contributed by atoms with van der Waals surface area (Å²) >= 11 is 0. The highest BCUT2D eigenvalue weighted by atomic mass is 16.5. The topological polar surface area (TPSA) is 76.4 Å². The normalized spacial score (nSPS) is 19.5. The van der Waals surface area contributed by atoms with Crippen LogP contribution in [-0.2, 0) is 24.3 Å². The van der Waals surface area contributed by atoms with E-state index in [0.717, 1.165) is 50.0 Å². The van der Waals surface area contributed by atoms with Crippen LogP contribution in [0.25, 0.3) is 0 Å². The van der Waals surface area contributed by atoms with Gasteiger partial charge < -0.3 is 9.64 Å². The van der Waals surface area contributed by atoms with Crippen LogP contribution in [-0.4, -0.2) is 68.7 Å².